The maximum atomic E-state index is 13.0. The molecule has 1 aliphatic heterocycles. The molecule has 28 heavy (non-hydrogen) atoms. The molecular formula is C16H12F3N5O3S. The molecule has 0 atom stereocenters. The van der Waals surface area contributed by atoms with Crippen LogP contribution < -0.4 is 16.4 Å². The average molecular weight is 411 g/mol. The first-order valence-electron chi connectivity index (χ1n) is 7.64. The molecule has 146 valence electrons. The summed E-state index contributed by atoms with van der Waals surface area (Å²) in [6.07, 6.45) is -3.04. The van der Waals surface area contributed by atoms with Crippen LogP contribution in [0.15, 0.2) is 36.5 Å². The fourth-order valence-corrected chi connectivity index (χ4v) is 2.94. The van der Waals surface area contributed by atoms with Crippen molar-refractivity contribution >= 4 is 40.9 Å². The number of thiocarbonyl (C=S) groups is 1. The predicted molar refractivity (Wildman–Crippen MR) is 96.2 cm³/mol. The lowest BCUT2D eigenvalue weighted by atomic mass is 10.1. The number of benzene rings is 1. The van der Waals surface area contributed by atoms with Crippen LogP contribution in [0, 0.1) is 0 Å². The Morgan fingerprint density at radius 2 is 1.96 bits per heavy atom. The van der Waals surface area contributed by atoms with E-state index in [0.29, 0.717) is 0 Å². The Hall–Kier alpha value is -3.41. The molecule has 8 nitrogen and oxygen atoms in total. The third-order valence-corrected chi connectivity index (χ3v) is 4.16. The lowest BCUT2D eigenvalue weighted by Crippen LogP contribution is -2.39. The molecular weight excluding hydrogens is 399 g/mol. The number of amides is 2. The van der Waals surface area contributed by atoms with Crippen molar-refractivity contribution in [1.29, 1.82) is 0 Å². The second-order valence-corrected chi connectivity index (χ2v) is 5.97. The fraction of sp³-hybridized carbons (Fsp3) is 0.125. The van der Waals surface area contributed by atoms with Crippen LogP contribution in [-0.2, 0) is 10.9 Å². The highest BCUT2D eigenvalue weighted by Crippen LogP contribution is 2.35. The number of hydrogen-bond donors (Lipinski definition) is 2. The first kappa shape index (κ1) is 19.4. The molecule has 2 amide bonds. The summed E-state index contributed by atoms with van der Waals surface area (Å²) in [5.74, 6) is -0.799. The second kappa shape index (κ2) is 6.96. The van der Waals surface area contributed by atoms with Crippen LogP contribution in [0.4, 0.5) is 23.8 Å². The summed E-state index contributed by atoms with van der Waals surface area (Å²) < 4.78 is 45.0. The summed E-state index contributed by atoms with van der Waals surface area (Å²) in [4.78, 5) is 24.0. The highest BCUT2D eigenvalue weighted by Gasteiger charge is 2.33. The Morgan fingerprint density at radius 3 is 2.57 bits per heavy atom. The van der Waals surface area contributed by atoms with E-state index in [-0.39, 0.29) is 34.4 Å². The van der Waals surface area contributed by atoms with Gasteiger partial charge in [0.05, 0.1) is 17.5 Å². The number of carbonyl (C=O) groups excluding carboxylic acids is 2. The quantitative estimate of drug-likeness (QED) is 0.731. The van der Waals surface area contributed by atoms with Crippen LogP contribution in [0.25, 0.3) is 5.70 Å². The highest BCUT2D eigenvalue weighted by molar-refractivity contribution is 7.80. The van der Waals surface area contributed by atoms with Gasteiger partial charge in [-0.1, -0.05) is 12.1 Å². The number of carbonyl (C=O) groups is 2. The van der Waals surface area contributed by atoms with E-state index in [1.54, 1.807) is 0 Å². The minimum Gasteiger partial charge on any atom is -0.382 e. The molecule has 0 aliphatic carbocycles. The Balaban J connectivity index is 2.11. The molecule has 12 heteroatoms. The SMILES string of the molecule is NC(=O)OC(=S)N1CC=C(c2cccc(C(F)(F)F)c2)n2ncc(C(N)=O)c21. The lowest BCUT2D eigenvalue weighted by molar-refractivity contribution is -0.137. The molecule has 0 saturated heterocycles. The minimum absolute atomic E-state index is 0.0241. The monoisotopic (exact) mass is 411 g/mol. The Morgan fingerprint density at radius 1 is 1.25 bits per heavy atom. The molecule has 1 aromatic heterocycles. The van der Waals surface area contributed by atoms with E-state index in [4.69, 9.17) is 23.7 Å². The van der Waals surface area contributed by atoms with Crippen molar-refractivity contribution in [3.63, 3.8) is 0 Å². The third-order valence-electron chi connectivity index (χ3n) is 3.85. The van der Waals surface area contributed by atoms with Gasteiger partial charge in [0.1, 0.15) is 5.56 Å². The topological polar surface area (TPSA) is 116 Å². The minimum atomic E-state index is -4.53. The molecule has 0 spiro atoms. The Labute approximate surface area is 161 Å². The molecule has 0 radical (unpaired) electrons. The first-order valence-corrected chi connectivity index (χ1v) is 8.05. The van der Waals surface area contributed by atoms with Crippen LogP contribution in [0.2, 0.25) is 0 Å². The molecule has 0 unspecified atom stereocenters. The fourth-order valence-electron chi connectivity index (χ4n) is 2.70. The molecule has 0 bridgehead atoms. The highest BCUT2D eigenvalue weighted by atomic mass is 32.1. The zero-order valence-electron chi connectivity index (χ0n) is 13.9. The molecule has 1 aliphatic rings. The van der Waals surface area contributed by atoms with Crippen molar-refractivity contribution in [2.75, 3.05) is 11.4 Å². The maximum Gasteiger partial charge on any atom is 0.416 e. The van der Waals surface area contributed by atoms with Gasteiger partial charge in [0.15, 0.2) is 5.82 Å². The lowest BCUT2D eigenvalue weighted by Gasteiger charge is -2.29. The van der Waals surface area contributed by atoms with Crippen LogP contribution in [0.5, 0.6) is 0 Å². The Bertz CT molecular complexity index is 1020. The summed E-state index contributed by atoms with van der Waals surface area (Å²) in [6.45, 7) is -0.0241. The molecule has 2 heterocycles. The Kier molecular flexibility index (Phi) is 4.81. The van der Waals surface area contributed by atoms with Crippen LogP contribution >= 0.6 is 12.2 Å². The van der Waals surface area contributed by atoms with E-state index >= 15 is 0 Å². The molecule has 0 saturated carbocycles. The van der Waals surface area contributed by atoms with Gasteiger partial charge in [-0.05, 0) is 30.4 Å². The number of aromatic nitrogens is 2. The second-order valence-electron chi connectivity index (χ2n) is 5.62. The number of anilines is 1. The number of nitrogens with zero attached hydrogens (tertiary/aromatic N) is 3. The normalized spacial score (nSPS) is 13.5. The standard InChI is InChI=1S/C16H12F3N5O3S/c17-16(18,19)9-3-1-2-8(6-9)11-4-5-23(15(28)27-14(21)26)13-10(12(20)25)7-22-24(11)13/h1-4,6-7H,5H2,(H2,20,25)(H2,21,26). The number of halogens is 3. The number of nitrogens with two attached hydrogens (primary N) is 2. The largest absolute Gasteiger partial charge is 0.416 e. The maximum absolute atomic E-state index is 13.0. The van der Waals surface area contributed by atoms with E-state index in [2.05, 4.69) is 9.84 Å². The molecule has 2 aromatic rings. The van der Waals surface area contributed by atoms with E-state index < -0.39 is 23.7 Å². The van der Waals surface area contributed by atoms with Crippen molar-refractivity contribution in [2.45, 2.75) is 6.18 Å². The van der Waals surface area contributed by atoms with E-state index in [1.807, 2.05) is 0 Å². The number of rotatable bonds is 2. The van der Waals surface area contributed by atoms with Crippen molar-refractivity contribution < 1.29 is 27.5 Å². The molecule has 3 rings (SSSR count). The smallest absolute Gasteiger partial charge is 0.382 e. The summed E-state index contributed by atoms with van der Waals surface area (Å²) in [5, 5.41) is 3.67. The zero-order valence-corrected chi connectivity index (χ0v) is 14.8. The van der Waals surface area contributed by atoms with Gasteiger partial charge in [-0.2, -0.15) is 18.3 Å². The summed E-state index contributed by atoms with van der Waals surface area (Å²) in [6, 6.07) is 4.61. The van der Waals surface area contributed by atoms with Gasteiger partial charge in [-0.3, -0.25) is 9.69 Å². The summed E-state index contributed by atoms with van der Waals surface area (Å²) in [7, 11) is 0. The number of hydrogen-bond acceptors (Lipinski definition) is 5. The molecule has 4 N–H and O–H groups in total. The molecule has 1 aromatic carbocycles. The van der Waals surface area contributed by atoms with Crippen LogP contribution in [0.1, 0.15) is 21.5 Å². The van der Waals surface area contributed by atoms with Crippen LogP contribution in [0.3, 0.4) is 0 Å². The van der Waals surface area contributed by atoms with E-state index in [0.717, 1.165) is 18.3 Å². The number of primary amides is 2. The van der Waals surface area contributed by atoms with Gasteiger partial charge in [-0.15, -0.1) is 0 Å². The predicted octanol–water partition coefficient (Wildman–Crippen LogP) is 2.09. The van der Waals surface area contributed by atoms with Gasteiger partial charge in [-0.25, -0.2) is 9.48 Å². The van der Waals surface area contributed by atoms with Crippen molar-refractivity contribution in [3.8, 4) is 0 Å². The van der Waals surface area contributed by atoms with Crippen molar-refractivity contribution in [3.05, 3.63) is 53.2 Å². The number of alkyl halides is 3. The van der Waals surface area contributed by atoms with Gasteiger partial charge >= 0.3 is 12.3 Å². The van der Waals surface area contributed by atoms with Gasteiger partial charge < -0.3 is 16.2 Å². The summed E-state index contributed by atoms with van der Waals surface area (Å²) in [5.41, 5.74) is 9.88. The first-order chi connectivity index (χ1) is 13.1. The van der Waals surface area contributed by atoms with Crippen molar-refractivity contribution in [2.24, 2.45) is 11.5 Å². The van der Waals surface area contributed by atoms with Crippen LogP contribution in [-0.4, -0.2) is 33.5 Å². The number of fused-ring (bicyclic) bond motifs is 1. The average Bonchev–Trinajstić information content (AvgIpc) is 3.05. The van der Waals surface area contributed by atoms with E-state index in [1.165, 1.54) is 27.8 Å². The van der Waals surface area contributed by atoms with Crippen molar-refractivity contribution in [1.82, 2.24) is 9.78 Å². The van der Waals surface area contributed by atoms with E-state index in [9.17, 15) is 22.8 Å². The molecule has 0 fully saturated rings. The van der Waals surface area contributed by atoms with Gasteiger partial charge in [0.25, 0.3) is 11.1 Å². The number of ether oxygens (including phenoxy) is 1. The van der Waals surface area contributed by atoms with Gasteiger partial charge in [0, 0.05) is 12.1 Å². The zero-order chi connectivity index (χ0) is 20.6. The van der Waals surface area contributed by atoms with Gasteiger partial charge in [0.2, 0.25) is 0 Å². The third kappa shape index (κ3) is 3.53. The summed E-state index contributed by atoms with van der Waals surface area (Å²) >= 11 is 5.00.